The highest BCUT2D eigenvalue weighted by atomic mass is 15.2. The second-order valence-corrected chi connectivity index (χ2v) is 9.49. The van der Waals surface area contributed by atoms with Crippen LogP contribution in [-0.2, 0) is 0 Å². The van der Waals surface area contributed by atoms with Gasteiger partial charge in [-0.25, -0.2) is 4.98 Å². The fraction of sp³-hybridized carbons (Fsp3) is 0.184. The molecule has 5 aromatic carbocycles. The van der Waals surface area contributed by atoms with Gasteiger partial charge in [0.2, 0.25) is 5.95 Å². The normalized spacial score (nSPS) is 10.3. The summed E-state index contributed by atoms with van der Waals surface area (Å²) >= 11 is 0. The molecule has 0 saturated heterocycles. The molecular weight excluding hydrogens is 582 g/mol. The van der Waals surface area contributed by atoms with Crippen LogP contribution in [0.15, 0.2) is 142 Å². The maximum absolute atomic E-state index is 4.29. The third-order valence-electron chi connectivity index (χ3n) is 6.19. The summed E-state index contributed by atoms with van der Waals surface area (Å²) in [5, 5.41) is 25.6. The van der Waals surface area contributed by atoms with Crippen LogP contribution < -0.4 is 10.6 Å². The minimum absolute atomic E-state index is 0.536. The number of fused-ring (bicyclic) bond motifs is 1. The number of rotatable bonds is 7. The van der Waals surface area contributed by atoms with Crippen molar-refractivity contribution in [1.29, 1.82) is 0 Å². The zero-order chi connectivity index (χ0) is 33.9. The van der Waals surface area contributed by atoms with E-state index in [-0.39, 0.29) is 0 Å². The Morgan fingerprint density at radius 1 is 0.447 bits per heavy atom. The average Bonchev–Trinajstić information content (AvgIpc) is 3.12. The zero-order valence-corrected chi connectivity index (χ0v) is 28.2. The molecule has 0 bridgehead atoms. The number of benzene rings is 5. The van der Waals surface area contributed by atoms with Crippen LogP contribution in [0.4, 0.5) is 40.1 Å². The lowest BCUT2D eigenvalue weighted by Crippen LogP contribution is -2.02. The van der Waals surface area contributed by atoms with E-state index in [1.165, 1.54) is 10.8 Å². The van der Waals surface area contributed by atoms with Gasteiger partial charge in [0.05, 0.1) is 22.7 Å². The van der Waals surface area contributed by atoms with Gasteiger partial charge in [0.15, 0.2) is 0 Å². The van der Waals surface area contributed by atoms with Gasteiger partial charge in [0, 0.05) is 18.4 Å². The molecule has 0 amide bonds. The van der Waals surface area contributed by atoms with Crippen LogP contribution in [0.5, 0.6) is 0 Å². The standard InChI is InChI=1S/C17H16N6.C17H15N3.2C2H6/c1-12-18-13(2)20-17(19-12)21-14-8-10-16(11-9-14)23-22-15-6-4-3-5-7-15;1-18-15-8-10-16(11-9-15)19-20-17-7-6-13-4-2-3-5-14(13)12-17;2*1-2/h3-11H,1-2H3,(H,18,19,20,21);2-12,18H,1H3;2*1-2H3. The number of hydrogen-bond donors (Lipinski definition) is 2. The number of nitrogens with zero attached hydrogens (tertiary/aromatic N) is 7. The van der Waals surface area contributed by atoms with Crippen molar-refractivity contribution in [1.82, 2.24) is 15.0 Å². The highest BCUT2D eigenvalue weighted by molar-refractivity contribution is 5.85. The summed E-state index contributed by atoms with van der Waals surface area (Å²) in [6, 6.07) is 39.4. The number of hydrogen-bond acceptors (Lipinski definition) is 9. The Morgan fingerprint density at radius 3 is 1.45 bits per heavy atom. The van der Waals surface area contributed by atoms with Crippen LogP contribution in [-0.4, -0.2) is 22.0 Å². The third-order valence-corrected chi connectivity index (χ3v) is 6.19. The van der Waals surface area contributed by atoms with E-state index in [1.54, 1.807) is 0 Å². The van der Waals surface area contributed by atoms with E-state index in [4.69, 9.17) is 0 Å². The number of azo groups is 2. The minimum Gasteiger partial charge on any atom is -0.388 e. The van der Waals surface area contributed by atoms with Gasteiger partial charge < -0.3 is 10.6 Å². The van der Waals surface area contributed by atoms with Gasteiger partial charge in [0.25, 0.3) is 0 Å². The number of nitrogens with one attached hydrogen (secondary N) is 2. The van der Waals surface area contributed by atoms with Crippen LogP contribution in [0, 0.1) is 13.8 Å². The van der Waals surface area contributed by atoms with Gasteiger partial charge in [-0.2, -0.15) is 30.4 Å². The summed E-state index contributed by atoms with van der Waals surface area (Å²) in [4.78, 5) is 12.7. The third kappa shape index (κ3) is 11.9. The lowest BCUT2D eigenvalue weighted by Gasteiger charge is -2.05. The van der Waals surface area contributed by atoms with E-state index in [9.17, 15) is 0 Å². The summed E-state index contributed by atoms with van der Waals surface area (Å²) in [6.45, 7) is 11.7. The first-order chi connectivity index (χ1) is 23.0. The lowest BCUT2D eigenvalue weighted by molar-refractivity contribution is 0.928. The Hall–Kier alpha value is -5.83. The molecule has 6 aromatic rings. The highest BCUT2D eigenvalue weighted by Crippen LogP contribution is 2.24. The van der Waals surface area contributed by atoms with Crippen molar-refractivity contribution in [2.45, 2.75) is 41.5 Å². The van der Waals surface area contributed by atoms with Gasteiger partial charge in [-0.3, -0.25) is 0 Å². The highest BCUT2D eigenvalue weighted by Gasteiger charge is 2.02. The van der Waals surface area contributed by atoms with Crippen molar-refractivity contribution in [2.24, 2.45) is 20.5 Å². The smallest absolute Gasteiger partial charge is 0.230 e. The average molecular weight is 626 g/mol. The van der Waals surface area contributed by atoms with Crippen molar-refractivity contribution < 1.29 is 0 Å². The molecule has 9 heteroatoms. The monoisotopic (exact) mass is 625 g/mol. The van der Waals surface area contributed by atoms with Crippen LogP contribution in [0.2, 0.25) is 0 Å². The summed E-state index contributed by atoms with van der Waals surface area (Å²) < 4.78 is 0. The van der Waals surface area contributed by atoms with Crippen molar-refractivity contribution in [2.75, 3.05) is 17.7 Å². The van der Waals surface area contributed by atoms with Gasteiger partial charge in [0.1, 0.15) is 11.6 Å². The van der Waals surface area contributed by atoms with Crippen molar-refractivity contribution in [3.63, 3.8) is 0 Å². The van der Waals surface area contributed by atoms with E-state index in [1.807, 2.05) is 152 Å². The molecule has 0 spiro atoms. The molecule has 0 saturated carbocycles. The molecule has 9 nitrogen and oxygen atoms in total. The Labute approximate surface area is 278 Å². The molecular formula is C38H43N9. The number of aromatic nitrogens is 3. The van der Waals surface area contributed by atoms with Crippen LogP contribution in [0.1, 0.15) is 39.3 Å². The predicted octanol–water partition coefficient (Wildman–Crippen LogP) is 12.0. The SMILES string of the molecule is CC.CC.CNc1ccc(N=Nc2ccc3ccccc3c2)cc1.Cc1nc(C)nc(Nc2ccc(N=Nc3ccccc3)cc2)n1. The maximum Gasteiger partial charge on any atom is 0.230 e. The molecule has 0 radical (unpaired) electrons. The van der Waals surface area contributed by atoms with Gasteiger partial charge in [-0.15, -0.1) is 0 Å². The van der Waals surface area contributed by atoms with Crippen molar-refractivity contribution in [3.05, 3.63) is 133 Å². The zero-order valence-electron chi connectivity index (χ0n) is 28.2. The number of aryl methyl sites for hydroxylation is 2. The lowest BCUT2D eigenvalue weighted by atomic mass is 10.1. The molecule has 0 unspecified atom stereocenters. The summed E-state index contributed by atoms with van der Waals surface area (Å²) in [7, 11) is 1.89. The molecule has 0 atom stereocenters. The fourth-order valence-corrected chi connectivity index (χ4v) is 4.07. The van der Waals surface area contributed by atoms with Crippen molar-refractivity contribution in [3.8, 4) is 0 Å². The molecule has 0 fully saturated rings. The van der Waals surface area contributed by atoms with Crippen LogP contribution in [0.3, 0.4) is 0 Å². The quantitative estimate of drug-likeness (QED) is 0.171. The Balaban J connectivity index is 0.000000233. The first kappa shape index (κ1) is 35.6. The van der Waals surface area contributed by atoms with E-state index in [2.05, 4.69) is 64.2 Å². The minimum atomic E-state index is 0.536. The predicted molar refractivity (Wildman–Crippen MR) is 196 cm³/mol. The van der Waals surface area contributed by atoms with Crippen LogP contribution >= 0.6 is 0 Å². The first-order valence-corrected chi connectivity index (χ1v) is 15.8. The second-order valence-electron chi connectivity index (χ2n) is 9.49. The molecule has 1 heterocycles. The van der Waals surface area contributed by atoms with Gasteiger partial charge in [-0.05, 0) is 97.4 Å². The molecule has 0 aliphatic rings. The molecule has 1 aromatic heterocycles. The molecule has 2 N–H and O–H groups in total. The number of anilines is 3. The van der Waals surface area contributed by atoms with E-state index >= 15 is 0 Å². The summed E-state index contributed by atoms with van der Waals surface area (Å²) in [5.74, 6) is 1.91. The van der Waals surface area contributed by atoms with Crippen LogP contribution in [0.25, 0.3) is 10.8 Å². The van der Waals surface area contributed by atoms with Crippen molar-refractivity contribution >= 4 is 50.8 Å². The Bertz CT molecular complexity index is 1810. The van der Waals surface area contributed by atoms with Gasteiger partial charge in [-0.1, -0.05) is 76.2 Å². The van der Waals surface area contributed by atoms with E-state index in [0.717, 1.165) is 34.1 Å². The second kappa shape index (κ2) is 19.5. The molecule has 240 valence electrons. The summed E-state index contributed by atoms with van der Waals surface area (Å²) in [6.07, 6.45) is 0. The molecule has 47 heavy (non-hydrogen) atoms. The first-order valence-electron chi connectivity index (χ1n) is 15.8. The molecule has 0 aliphatic carbocycles. The fourth-order valence-electron chi connectivity index (χ4n) is 4.07. The van der Waals surface area contributed by atoms with Gasteiger partial charge >= 0.3 is 0 Å². The molecule has 6 rings (SSSR count). The Morgan fingerprint density at radius 2 is 0.894 bits per heavy atom. The molecule has 0 aliphatic heterocycles. The largest absolute Gasteiger partial charge is 0.388 e. The summed E-state index contributed by atoms with van der Waals surface area (Å²) in [5.41, 5.74) is 5.26. The Kier molecular flexibility index (Phi) is 14.8. The topological polar surface area (TPSA) is 112 Å². The maximum atomic E-state index is 4.29. The van der Waals surface area contributed by atoms with E-state index in [0.29, 0.717) is 17.6 Å². The van der Waals surface area contributed by atoms with E-state index < -0.39 is 0 Å².